The Labute approximate surface area is 135 Å². The van der Waals surface area contributed by atoms with Crippen molar-refractivity contribution >= 4 is 17.7 Å². The lowest BCUT2D eigenvalue weighted by atomic mass is 10.1. The standard InChI is InChI=1S/C14H24N6OS/c1-2-7-19-8-5-11(6-9-19)15-13(21)10-22-14-16-17-18-20(14)12-3-4-12/h11-12H,2-10H2,1H3,(H,15,21). The fraction of sp³-hybridized carbons (Fsp3) is 0.857. The van der Waals surface area contributed by atoms with E-state index in [2.05, 4.69) is 32.7 Å². The zero-order chi connectivity index (χ0) is 15.4. The Morgan fingerprint density at radius 2 is 2.09 bits per heavy atom. The first kappa shape index (κ1) is 15.7. The zero-order valence-corrected chi connectivity index (χ0v) is 13.9. The van der Waals surface area contributed by atoms with E-state index in [1.165, 1.54) is 24.7 Å². The van der Waals surface area contributed by atoms with E-state index in [1.54, 1.807) is 0 Å². The fourth-order valence-corrected chi connectivity index (χ4v) is 3.60. The molecule has 1 aromatic rings. The highest BCUT2D eigenvalue weighted by Gasteiger charge is 2.28. The van der Waals surface area contributed by atoms with Gasteiger partial charge in [0, 0.05) is 19.1 Å². The summed E-state index contributed by atoms with van der Waals surface area (Å²) in [6, 6.07) is 0.768. The maximum atomic E-state index is 12.1. The molecular formula is C14H24N6OS. The van der Waals surface area contributed by atoms with Gasteiger partial charge in [-0.2, -0.15) is 0 Å². The summed E-state index contributed by atoms with van der Waals surface area (Å²) in [5, 5.41) is 15.6. The number of amides is 1. The molecule has 22 heavy (non-hydrogen) atoms. The average molecular weight is 324 g/mol. The number of aromatic nitrogens is 4. The number of nitrogens with zero attached hydrogens (tertiary/aromatic N) is 5. The van der Waals surface area contributed by atoms with E-state index in [9.17, 15) is 4.79 Å². The molecule has 1 aliphatic heterocycles. The van der Waals surface area contributed by atoms with E-state index in [4.69, 9.17) is 0 Å². The predicted octanol–water partition coefficient (Wildman–Crippen LogP) is 1.09. The Kier molecular flexibility index (Phi) is 5.30. The van der Waals surface area contributed by atoms with Gasteiger partial charge in [-0.25, -0.2) is 4.68 Å². The molecule has 1 aromatic heterocycles. The summed E-state index contributed by atoms with van der Waals surface area (Å²) in [5.74, 6) is 0.478. The van der Waals surface area contributed by atoms with Crippen LogP contribution >= 0.6 is 11.8 Å². The molecule has 8 heteroatoms. The third kappa shape index (κ3) is 4.19. The maximum Gasteiger partial charge on any atom is 0.230 e. The summed E-state index contributed by atoms with van der Waals surface area (Å²) >= 11 is 1.43. The van der Waals surface area contributed by atoms with Crippen LogP contribution in [0.1, 0.15) is 45.1 Å². The number of hydrogen-bond donors (Lipinski definition) is 1. The largest absolute Gasteiger partial charge is 0.353 e. The SMILES string of the molecule is CCCN1CCC(NC(=O)CSc2nnnn2C2CC2)CC1. The number of carbonyl (C=O) groups is 1. The normalized spacial score (nSPS) is 20.2. The van der Waals surface area contributed by atoms with Crippen LogP contribution in [-0.4, -0.2) is 62.4 Å². The summed E-state index contributed by atoms with van der Waals surface area (Å²) in [4.78, 5) is 14.6. The highest BCUT2D eigenvalue weighted by molar-refractivity contribution is 7.99. The van der Waals surface area contributed by atoms with E-state index in [-0.39, 0.29) is 5.91 Å². The van der Waals surface area contributed by atoms with Gasteiger partial charge in [0.05, 0.1) is 11.8 Å². The van der Waals surface area contributed by atoms with Gasteiger partial charge in [0.15, 0.2) is 0 Å². The van der Waals surface area contributed by atoms with Gasteiger partial charge in [0.25, 0.3) is 0 Å². The van der Waals surface area contributed by atoms with Crippen LogP contribution in [0, 0.1) is 0 Å². The van der Waals surface area contributed by atoms with E-state index < -0.39 is 0 Å². The summed E-state index contributed by atoms with van der Waals surface area (Å²) in [6.45, 7) is 5.55. The second-order valence-corrected chi connectivity index (χ2v) is 7.05. The number of hydrogen-bond acceptors (Lipinski definition) is 6. The summed E-state index contributed by atoms with van der Waals surface area (Å²) in [6.07, 6.45) is 5.58. The monoisotopic (exact) mass is 324 g/mol. The molecule has 1 aliphatic carbocycles. The van der Waals surface area contributed by atoms with Crippen molar-refractivity contribution in [1.82, 2.24) is 30.4 Å². The highest BCUT2D eigenvalue weighted by atomic mass is 32.2. The van der Waals surface area contributed by atoms with Crippen molar-refractivity contribution in [3.05, 3.63) is 0 Å². The first-order valence-corrected chi connectivity index (χ1v) is 9.17. The Morgan fingerprint density at radius 1 is 1.32 bits per heavy atom. The van der Waals surface area contributed by atoms with Crippen LogP contribution in [-0.2, 0) is 4.79 Å². The van der Waals surface area contributed by atoms with Gasteiger partial charge < -0.3 is 10.2 Å². The second kappa shape index (κ2) is 7.41. The van der Waals surface area contributed by atoms with Gasteiger partial charge in [-0.1, -0.05) is 18.7 Å². The number of piperidine rings is 1. The van der Waals surface area contributed by atoms with Crippen LogP contribution in [0.25, 0.3) is 0 Å². The maximum absolute atomic E-state index is 12.1. The van der Waals surface area contributed by atoms with Gasteiger partial charge in [0.2, 0.25) is 11.1 Å². The Balaban J connectivity index is 1.38. The number of nitrogens with one attached hydrogen (secondary N) is 1. The quantitative estimate of drug-likeness (QED) is 0.757. The minimum Gasteiger partial charge on any atom is -0.353 e. The Bertz CT molecular complexity index is 495. The lowest BCUT2D eigenvalue weighted by molar-refractivity contribution is -0.119. The van der Waals surface area contributed by atoms with Gasteiger partial charge >= 0.3 is 0 Å². The molecule has 0 spiro atoms. The van der Waals surface area contributed by atoms with Crippen LogP contribution in [0.5, 0.6) is 0 Å². The summed E-state index contributed by atoms with van der Waals surface area (Å²) in [5.41, 5.74) is 0. The lowest BCUT2D eigenvalue weighted by Crippen LogP contribution is -2.45. The highest BCUT2D eigenvalue weighted by Crippen LogP contribution is 2.36. The number of likely N-dealkylation sites (tertiary alicyclic amines) is 1. The molecule has 7 nitrogen and oxygen atoms in total. The van der Waals surface area contributed by atoms with Crippen molar-refractivity contribution < 1.29 is 4.79 Å². The fourth-order valence-electron chi connectivity index (χ4n) is 2.85. The minimum atomic E-state index is 0.0873. The molecule has 122 valence electrons. The first-order valence-electron chi connectivity index (χ1n) is 8.18. The molecule has 0 bridgehead atoms. The molecule has 3 rings (SSSR count). The Hall–Kier alpha value is -1.15. The molecule has 2 fully saturated rings. The van der Waals surface area contributed by atoms with Gasteiger partial charge in [-0.15, -0.1) is 5.10 Å². The molecule has 1 amide bonds. The van der Waals surface area contributed by atoms with Gasteiger partial charge in [0.1, 0.15) is 0 Å². The topological polar surface area (TPSA) is 75.9 Å². The molecule has 1 N–H and O–H groups in total. The van der Waals surface area contributed by atoms with Crippen molar-refractivity contribution in [2.75, 3.05) is 25.4 Å². The molecule has 0 unspecified atom stereocenters. The number of tetrazole rings is 1. The number of rotatable bonds is 7. The van der Waals surface area contributed by atoms with Crippen molar-refractivity contribution in [3.63, 3.8) is 0 Å². The van der Waals surface area contributed by atoms with Crippen LogP contribution in [0.15, 0.2) is 5.16 Å². The second-order valence-electron chi connectivity index (χ2n) is 6.11. The smallest absolute Gasteiger partial charge is 0.230 e. The zero-order valence-electron chi connectivity index (χ0n) is 13.1. The van der Waals surface area contributed by atoms with Crippen LogP contribution in [0.3, 0.4) is 0 Å². The summed E-state index contributed by atoms with van der Waals surface area (Å²) < 4.78 is 1.85. The molecule has 1 saturated carbocycles. The van der Waals surface area contributed by atoms with Crippen molar-refractivity contribution in [2.45, 2.75) is 56.3 Å². The van der Waals surface area contributed by atoms with E-state index in [0.717, 1.165) is 43.9 Å². The predicted molar refractivity (Wildman–Crippen MR) is 84.7 cm³/mol. The molecule has 2 heterocycles. The molecule has 0 aromatic carbocycles. The van der Waals surface area contributed by atoms with Gasteiger partial charge in [-0.05, 0) is 49.1 Å². The number of carbonyl (C=O) groups excluding carboxylic acids is 1. The molecule has 0 atom stereocenters. The first-order chi connectivity index (χ1) is 10.8. The molecule has 1 saturated heterocycles. The molecule has 2 aliphatic rings. The Morgan fingerprint density at radius 3 is 2.77 bits per heavy atom. The summed E-state index contributed by atoms with van der Waals surface area (Å²) in [7, 11) is 0. The molecule has 0 radical (unpaired) electrons. The van der Waals surface area contributed by atoms with Crippen LogP contribution in [0.2, 0.25) is 0 Å². The minimum absolute atomic E-state index is 0.0873. The van der Waals surface area contributed by atoms with E-state index >= 15 is 0 Å². The van der Waals surface area contributed by atoms with Gasteiger partial charge in [-0.3, -0.25) is 4.79 Å². The third-order valence-electron chi connectivity index (χ3n) is 4.18. The third-order valence-corrected chi connectivity index (χ3v) is 5.11. The van der Waals surface area contributed by atoms with E-state index in [1.807, 2.05) is 4.68 Å². The van der Waals surface area contributed by atoms with Crippen molar-refractivity contribution in [1.29, 1.82) is 0 Å². The average Bonchev–Trinajstić information content (AvgIpc) is 3.26. The van der Waals surface area contributed by atoms with Crippen molar-refractivity contribution in [3.8, 4) is 0 Å². The lowest BCUT2D eigenvalue weighted by Gasteiger charge is -2.32. The van der Waals surface area contributed by atoms with Crippen LogP contribution in [0.4, 0.5) is 0 Å². The van der Waals surface area contributed by atoms with Crippen LogP contribution < -0.4 is 5.32 Å². The molecular weight excluding hydrogens is 300 g/mol. The number of thioether (sulfide) groups is 1. The van der Waals surface area contributed by atoms with E-state index in [0.29, 0.717) is 17.8 Å². The van der Waals surface area contributed by atoms with Crippen molar-refractivity contribution in [2.24, 2.45) is 0 Å².